The Morgan fingerprint density at radius 1 is 0.893 bits per heavy atom. The third-order valence-corrected chi connectivity index (χ3v) is 6.57. The summed E-state index contributed by atoms with van der Waals surface area (Å²) in [6, 6.07) is 20.0. The van der Waals surface area contributed by atoms with E-state index in [0.29, 0.717) is 5.91 Å². The standard InChI is InChI=1S/C24H30N2O2/c1-25-15-12-19(18-25)23(27)26-16-13-22(14-17-26)24(28,20-8-4-2-5-9-20)21-10-6-3-7-11-21/h2-11,19,22,28H,12-18H2,1H3. The maximum Gasteiger partial charge on any atom is 0.227 e. The number of carbonyl (C=O) groups is 1. The summed E-state index contributed by atoms with van der Waals surface area (Å²) < 4.78 is 0. The smallest absolute Gasteiger partial charge is 0.227 e. The molecule has 0 saturated carbocycles. The molecular formula is C24H30N2O2. The molecule has 4 nitrogen and oxygen atoms in total. The van der Waals surface area contributed by atoms with Crippen LogP contribution < -0.4 is 0 Å². The van der Waals surface area contributed by atoms with E-state index in [9.17, 15) is 9.90 Å². The summed E-state index contributed by atoms with van der Waals surface area (Å²) in [5.74, 6) is 0.530. The second-order valence-corrected chi connectivity index (χ2v) is 8.35. The van der Waals surface area contributed by atoms with Crippen LogP contribution in [0.1, 0.15) is 30.4 Å². The third kappa shape index (κ3) is 3.59. The van der Waals surface area contributed by atoms with Crippen LogP contribution in [0.5, 0.6) is 0 Å². The number of amides is 1. The van der Waals surface area contributed by atoms with E-state index in [1.54, 1.807) is 0 Å². The number of carbonyl (C=O) groups excluding carboxylic acids is 1. The molecule has 2 aliphatic heterocycles. The minimum atomic E-state index is -1.02. The van der Waals surface area contributed by atoms with Crippen LogP contribution in [0.15, 0.2) is 60.7 Å². The van der Waals surface area contributed by atoms with Gasteiger partial charge in [-0.1, -0.05) is 60.7 Å². The Morgan fingerprint density at radius 2 is 1.43 bits per heavy atom. The fraction of sp³-hybridized carbons (Fsp3) is 0.458. The summed E-state index contributed by atoms with van der Waals surface area (Å²) in [6.45, 7) is 3.34. The summed E-state index contributed by atoms with van der Waals surface area (Å²) in [5, 5.41) is 11.9. The summed E-state index contributed by atoms with van der Waals surface area (Å²) in [7, 11) is 2.08. The molecule has 0 radical (unpaired) electrons. The Bertz CT molecular complexity index is 745. The van der Waals surface area contributed by atoms with Gasteiger partial charge in [-0.25, -0.2) is 0 Å². The highest BCUT2D eigenvalue weighted by molar-refractivity contribution is 5.79. The molecule has 2 aromatic rings. The molecule has 0 aromatic heterocycles. The van der Waals surface area contributed by atoms with Gasteiger partial charge in [0.15, 0.2) is 0 Å². The SMILES string of the molecule is CN1CCC(C(=O)N2CCC(C(O)(c3ccccc3)c3ccccc3)CC2)C1. The van der Waals surface area contributed by atoms with Crippen LogP contribution in [0.2, 0.25) is 0 Å². The van der Waals surface area contributed by atoms with Crippen molar-refractivity contribution in [1.29, 1.82) is 0 Å². The van der Waals surface area contributed by atoms with Crippen LogP contribution in [0, 0.1) is 11.8 Å². The van der Waals surface area contributed by atoms with E-state index in [4.69, 9.17) is 0 Å². The van der Waals surface area contributed by atoms with Crippen molar-refractivity contribution >= 4 is 5.91 Å². The highest BCUT2D eigenvalue weighted by Gasteiger charge is 2.42. The topological polar surface area (TPSA) is 43.8 Å². The first-order chi connectivity index (χ1) is 13.6. The molecule has 28 heavy (non-hydrogen) atoms. The van der Waals surface area contributed by atoms with Crippen molar-refractivity contribution in [3.8, 4) is 0 Å². The van der Waals surface area contributed by atoms with E-state index in [2.05, 4.69) is 11.9 Å². The van der Waals surface area contributed by atoms with Crippen LogP contribution in [-0.2, 0) is 10.4 Å². The van der Waals surface area contributed by atoms with Gasteiger partial charge in [0.25, 0.3) is 0 Å². The monoisotopic (exact) mass is 378 g/mol. The molecule has 2 heterocycles. The number of nitrogens with zero attached hydrogens (tertiary/aromatic N) is 2. The first kappa shape index (κ1) is 19.2. The second kappa shape index (κ2) is 8.06. The van der Waals surface area contributed by atoms with Crippen LogP contribution in [0.4, 0.5) is 0 Å². The molecule has 2 fully saturated rings. The van der Waals surface area contributed by atoms with Gasteiger partial charge in [-0.2, -0.15) is 0 Å². The number of hydrogen-bond acceptors (Lipinski definition) is 3. The lowest BCUT2D eigenvalue weighted by Crippen LogP contribution is -2.47. The average molecular weight is 379 g/mol. The highest BCUT2D eigenvalue weighted by Crippen LogP contribution is 2.42. The van der Waals surface area contributed by atoms with Crippen LogP contribution in [0.25, 0.3) is 0 Å². The van der Waals surface area contributed by atoms with Crippen LogP contribution in [0.3, 0.4) is 0 Å². The molecular weight excluding hydrogens is 348 g/mol. The summed E-state index contributed by atoms with van der Waals surface area (Å²) in [6.07, 6.45) is 2.59. The van der Waals surface area contributed by atoms with E-state index >= 15 is 0 Å². The molecule has 0 aliphatic carbocycles. The van der Waals surface area contributed by atoms with E-state index in [0.717, 1.165) is 56.6 Å². The predicted octanol–water partition coefficient (Wildman–Crippen LogP) is 3.11. The van der Waals surface area contributed by atoms with Gasteiger partial charge in [0.2, 0.25) is 5.91 Å². The lowest BCUT2D eigenvalue weighted by molar-refractivity contribution is -0.138. The molecule has 1 atom stereocenters. The van der Waals surface area contributed by atoms with E-state index in [1.807, 2.05) is 65.6 Å². The van der Waals surface area contributed by atoms with Crippen molar-refractivity contribution in [3.05, 3.63) is 71.8 Å². The molecule has 0 spiro atoms. The highest BCUT2D eigenvalue weighted by atomic mass is 16.3. The molecule has 1 amide bonds. The van der Waals surface area contributed by atoms with Gasteiger partial charge in [0.05, 0.1) is 5.92 Å². The van der Waals surface area contributed by atoms with Gasteiger partial charge in [0, 0.05) is 19.6 Å². The zero-order chi connectivity index (χ0) is 19.6. The number of hydrogen-bond donors (Lipinski definition) is 1. The summed E-state index contributed by atoms with van der Waals surface area (Å²) in [4.78, 5) is 17.1. The van der Waals surface area contributed by atoms with Gasteiger partial charge in [0.1, 0.15) is 5.60 Å². The van der Waals surface area contributed by atoms with Crippen molar-refractivity contribution in [1.82, 2.24) is 9.80 Å². The van der Waals surface area contributed by atoms with Gasteiger partial charge in [-0.15, -0.1) is 0 Å². The zero-order valence-electron chi connectivity index (χ0n) is 16.6. The van der Waals surface area contributed by atoms with Crippen molar-refractivity contribution in [2.45, 2.75) is 24.9 Å². The lowest BCUT2D eigenvalue weighted by Gasteiger charge is -2.42. The quantitative estimate of drug-likeness (QED) is 0.889. The summed E-state index contributed by atoms with van der Waals surface area (Å²) >= 11 is 0. The molecule has 1 unspecified atom stereocenters. The van der Waals surface area contributed by atoms with Gasteiger partial charge in [-0.05, 0) is 49.9 Å². The zero-order valence-corrected chi connectivity index (χ0v) is 16.6. The average Bonchev–Trinajstić information content (AvgIpc) is 3.20. The first-order valence-corrected chi connectivity index (χ1v) is 10.4. The van der Waals surface area contributed by atoms with E-state index in [1.165, 1.54) is 0 Å². The first-order valence-electron chi connectivity index (χ1n) is 10.4. The molecule has 148 valence electrons. The second-order valence-electron chi connectivity index (χ2n) is 8.35. The molecule has 2 saturated heterocycles. The number of rotatable bonds is 4. The van der Waals surface area contributed by atoms with Gasteiger partial charge < -0.3 is 14.9 Å². The Hall–Kier alpha value is -2.17. The fourth-order valence-corrected chi connectivity index (χ4v) is 4.94. The predicted molar refractivity (Wildman–Crippen MR) is 111 cm³/mol. The van der Waals surface area contributed by atoms with Crippen molar-refractivity contribution in [2.75, 3.05) is 33.2 Å². The number of likely N-dealkylation sites (tertiary alicyclic amines) is 2. The fourth-order valence-electron chi connectivity index (χ4n) is 4.94. The Morgan fingerprint density at radius 3 is 1.89 bits per heavy atom. The van der Waals surface area contributed by atoms with Crippen molar-refractivity contribution < 1.29 is 9.90 Å². The molecule has 0 bridgehead atoms. The Kier molecular flexibility index (Phi) is 5.51. The molecule has 2 aliphatic rings. The van der Waals surface area contributed by atoms with Gasteiger partial charge >= 0.3 is 0 Å². The molecule has 4 rings (SSSR count). The van der Waals surface area contributed by atoms with Crippen molar-refractivity contribution in [2.24, 2.45) is 11.8 Å². The lowest BCUT2D eigenvalue weighted by atomic mass is 9.72. The van der Waals surface area contributed by atoms with E-state index < -0.39 is 5.60 Å². The minimum Gasteiger partial charge on any atom is -0.380 e. The Balaban J connectivity index is 1.53. The van der Waals surface area contributed by atoms with Crippen LogP contribution >= 0.6 is 0 Å². The molecule has 1 N–H and O–H groups in total. The third-order valence-electron chi connectivity index (χ3n) is 6.57. The Labute approximate surface area is 167 Å². The number of piperidine rings is 1. The largest absolute Gasteiger partial charge is 0.380 e. The molecule has 2 aromatic carbocycles. The van der Waals surface area contributed by atoms with Gasteiger partial charge in [-0.3, -0.25) is 4.79 Å². The van der Waals surface area contributed by atoms with Crippen molar-refractivity contribution in [3.63, 3.8) is 0 Å². The normalized spacial score (nSPS) is 21.8. The number of aliphatic hydroxyl groups is 1. The minimum absolute atomic E-state index is 0.0904. The van der Waals surface area contributed by atoms with Crippen LogP contribution in [-0.4, -0.2) is 54.0 Å². The number of benzene rings is 2. The molecule has 4 heteroatoms. The summed E-state index contributed by atoms with van der Waals surface area (Å²) in [5.41, 5.74) is 0.845. The maximum atomic E-state index is 12.9. The van der Waals surface area contributed by atoms with E-state index in [-0.39, 0.29) is 11.8 Å². The maximum absolute atomic E-state index is 12.9.